The molecule has 104 valence electrons. The van der Waals surface area contributed by atoms with Gasteiger partial charge in [0.2, 0.25) is 0 Å². The van der Waals surface area contributed by atoms with Gasteiger partial charge in [-0.3, -0.25) is 0 Å². The van der Waals surface area contributed by atoms with Crippen molar-refractivity contribution in [2.75, 3.05) is 6.54 Å². The lowest BCUT2D eigenvalue weighted by Gasteiger charge is -2.24. The van der Waals surface area contributed by atoms with Crippen LogP contribution in [0.15, 0.2) is 35.2 Å². The fourth-order valence-corrected chi connectivity index (χ4v) is 3.57. The Balaban J connectivity index is 2.12. The van der Waals surface area contributed by atoms with Gasteiger partial charge in [-0.15, -0.1) is 11.8 Å². The predicted octanol–water partition coefficient (Wildman–Crippen LogP) is 4.21. The van der Waals surface area contributed by atoms with Crippen molar-refractivity contribution in [3.63, 3.8) is 0 Å². The molecule has 2 heteroatoms. The van der Waals surface area contributed by atoms with Crippen LogP contribution in [0.2, 0.25) is 0 Å². The van der Waals surface area contributed by atoms with Crippen molar-refractivity contribution in [1.29, 1.82) is 0 Å². The Labute approximate surface area is 121 Å². The van der Waals surface area contributed by atoms with Crippen molar-refractivity contribution in [2.45, 2.75) is 56.2 Å². The van der Waals surface area contributed by atoms with Crippen LogP contribution < -0.4 is 5.32 Å². The Morgan fingerprint density at radius 3 is 2.68 bits per heavy atom. The van der Waals surface area contributed by atoms with Gasteiger partial charge in [0.05, 0.1) is 0 Å². The molecule has 0 amide bonds. The minimum absolute atomic E-state index is 0.105. The summed E-state index contributed by atoms with van der Waals surface area (Å²) < 4.78 is 0.105. The molecule has 0 saturated carbocycles. The summed E-state index contributed by atoms with van der Waals surface area (Å²) in [7, 11) is 0. The summed E-state index contributed by atoms with van der Waals surface area (Å²) in [5.74, 6) is 0. The van der Waals surface area contributed by atoms with E-state index in [1.165, 1.54) is 34.4 Å². The molecule has 1 atom stereocenters. The first-order valence-electron chi connectivity index (χ1n) is 7.12. The number of nitrogens with one attached hydrogen (secondary N) is 1. The molecule has 0 spiro atoms. The highest BCUT2D eigenvalue weighted by atomic mass is 32.2. The predicted molar refractivity (Wildman–Crippen MR) is 86.1 cm³/mol. The van der Waals surface area contributed by atoms with Crippen LogP contribution in [-0.2, 0) is 12.8 Å². The molecule has 0 aliphatic heterocycles. The van der Waals surface area contributed by atoms with Gasteiger partial charge in [0.25, 0.3) is 0 Å². The van der Waals surface area contributed by atoms with Crippen molar-refractivity contribution in [3.05, 3.63) is 41.5 Å². The summed E-state index contributed by atoms with van der Waals surface area (Å²) in [5, 5.41) is 3.56. The average molecular weight is 275 g/mol. The van der Waals surface area contributed by atoms with Crippen LogP contribution in [0.4, 0.5) is 0 Å². The van der Waals surface area contributed by atoms with Gasteiger partial charge in [0, 0.05) is 15.7 Å². The highest BCUT2D eigenvalue weighted by molar-refractivity contribution is 8.00. The van der Waals surface area contributed by atoms with Crippen molar-refractivity contribution in [3.8, 4) is 0 Å². The summed E-state index contributed by atoms with van der Waals surface area (Å²) in [4.78, 5) is 1.36. The molecule has 19 heavy (non-hydrogen) atoms. The number of hydrogen-bond donors (Lipinski definition) is 1. The van der Waals surface area contributed by atoms with Crippen LogP contribution in [0, 0.1) is 0 Å². The topological polar surface area (TPSA) is 12.0 Å². The minimum Gasteiger partial charge on any atom is -0.314 e. The van der Waals surface area contributed by atoms with E-state index in [4.69, 9.17) is 0 Å². The Kier molecular flexibility index (Phi) is 4.42. The van der Waals surface area contributed by atoms with Gasteiger partial charge in [-0.2, -0.15) is 0 Å². The normalized spacial score (nSPS) is 18.4. The fraction of sp³-hybridized carbons (Fsp3) is 0.529. The minimum atomic E-state index is 0.105. The average Bonchev–Trinajstić information content (AvgIpc) is 2.70. The standard InChI is InChI=1S/C17H25NS/c1-6-18-15-9-13-7-8-16(11-14(13)10-15)19-17(4,5)12(2)3/h7-8,11,15,18H,2,6,9-10H2,1,3-5H3. The molecule has 0 fully saturated rings. The molecule has 0 bridgehead atoms. The molecule has 1 aromatic carbocycles. The highest BCUT2D eigenvalue weighted by Crippen LogP contribution is 2.38. The van der Waals surface area contributed by atoms with Crippen LogP contribution >= 0.6 is 11.8 Å². The van der Waals surface area contributed by atoms with E-state index in [9.17, 15) is 0 Å². The maximum atomic E-state index is 4.10. The quantitative estimate of drug-likeness (QED) is 0.638. The molecular weight excluding hydrogens is 250 g/mol. The molecule has 1 N–H and O–H groups in total. The van der Waals surface area contributed by atoms with Crippen LogP contribution in [0.3, 0.4) is 0 Å². The molecule has 2 rings (SSSR count). The van der Waals surface area contributed by atoms with E-state index in [1.54, 1.807) is 0 Å². The molecule has 1 nitrogen and oxygen atoms in total. The smallest absolute Gasteiger partial charge is 0.0353 e. The zero-order valence-corrected chi connectivity index (χ0v) is 13.4. The number of hydrogen-bond acceptors (Lipinski definition) is 2. The molecule has 1 aromatic rings. The first-order chi connectivity index (χ1) is 8.92. The number of benzene rings is 1. The van der Waals surface area contributed by atoms with E-state index in [2.05, 4.69) is 57.8 Å². The molecule has 1 unspecified atom stereocenters. The number of fused-ring (bicyclic) bond motifs is 1. The summed E-state index contributed by atoms with van der Waals surface area (Å²) in [5.41, 5.74) is 4.26. The first kappa shape index (κ1) is 14.7. The second-order valence-electron chi connectivity index (χ2n) is 5.99. The lowest BCUT2D eigenvalue weighted by atomic mass is 10.1. The van der Waals surface area contributed by atoms with Crippen molar-refractivity contribution < 1.29 is 0 Å². The van der Waals surface area contributed by atoms with E-state index < -0.39 is 0 Å². The molecule has 0 saturated heterocycles. The molecule has 1 aliphatic carbocycles. The third kappa shape index (κ3) is 3.43. The molecule has 0 heterocycles. The molecular formula is C17H25NS. The zero-order chi connectivity index (χ0) is 14.0. The molecule has 1 aliphatic rings. The second kappa shape index (κ2) is 5.72. The van der Waals surface area contributed by atoms with Crippen molar-refractivity contribution in [2.24, 2.45) is 0 Å². The van der Waals surface area contributed by atoms with Crippen LogP contribution in [0.5, 0.6) is 0 Å². The Morgan fingerprint density at radius 2 is 2.05 bits per heavy atom. The van der Waals surface area contributed by atoms with Gasteiger partial charge in [0.15, 0.2) is 0 Å². The maximum absolute atomic E-state index is 4.10. The lowest BCUT2D eigenvalue weighted by molar-refractivity contribution is 0.552. The Bertz CT molecular complexity index is 476. The summed E-state index contributed by atoms with van der Waals surface area (Å²) in [6.45, 7) is 13.9. The van der Waals surface area contributed by atoms with Gasteiger partial charge < -0.3 is 5.32 Å². The third-order valence-corrected chi connectivity index (χ3v) is 5.35. The van der Waals surface area contributed by atoms with Gasteiger partial charge >= 0.3 is 0 Å². The van der Waals surface area contributed by atoms with E-state index in [-0.39, 0.29) is 4.75 Å². The SMILES string of the molecule is C=C(C)C(C)(C)Sc1ccc2c(c1)CC(NCC)C2. The van der Waals surface area contributed by atoms with E-state index in [0.717, 1.165) is 6.54 Å². The number of likely N-dealkylation sites (N-methyl/N-ethyl adjacent to an activating group) is 1. The number of thioether (sulfide) groups is 1. The van der Waals surface area contributed by atoms with Crippen LogP contribution in [0.1, 0.15) is 38.8 Å². The van der Waals surface area contributed by atoms with Gasteiger partial charge in [-0.1, -0.05) is 25.1 Å². The second-order valence-corrected chi connectivity index (χ2v) is 7.68. The van der Waals surface area contributed by atoms with E-state index in [0.29, 0.717) is 6.04 Å². The van der Waals surface area contributed by atoms with E-state index >= 15 is 0 Å². The number of rotatable bonds is 5. The fourth-order valence-electron chi connectivity index (χ4n) is 2.47. The van der Waals surface area contributed by atoms with Gasteiger partial charge in [0.1, 0.15) is 0 Å². The summed E-state index contributed by atoms with van der Waals surface area (Å²) >= 11 is 1.91. The molecule has 0 radical (unpaired) electrons. The Hall–Kier alpha value is -0.730. The van der Waals surface area contributed by atoms with Crippen molar-refractivity contribution >= 4 is 11.8 Å². The Morgan fingerprint density at radius 1 is 1.37 bits per heavy atom. The summed E-state index contributed by atoms with van der Waals surface area (Å²) in [6.07, 6.45) is 2.35. The largest absolute Gasteiger partial charge is 0.314 e. The lowest BCUT2D eigenvalue weighted by Crippen LogP contribution is -2.28. The van der Waals surface area contributed by atoms with Crippen molar-refractivity contribution in [1.82, 2.24) is 5.32 Å². The highest BCUT2D eigenvalue weighted by Gasteiger charge is 2.23. The van der Waals surface area contributed by atoms with Crippen LogP contribution in [0.25, 0.3) is 0 Å². The zero-order valence-electron chi connectivity index (χ0n) is 12.5. The molecule has 0 aromatic heterocycles. The third-order valence-electron chi connectivity index (χ3n) is 4.00. The summed E-state index contributed by atoms with van der Waals surface area (Å²) in [6, 6.07) is 7.59. The van der Waals surface area contributed by atoms with Gasteiger partial charge in [-0.05, 0) is 63.4 Å². The maximum Gasteiger partial charge on any atom is 0.0353 e. The van der Waals surface area contributed by atoms with E-state index in [1.807, 2.05) is 11.8 Å². The first-order valence-corrected chi connectivity index (χ1v) is 7.94. The van der Waals surface area contributed by atoms with Crippen LogP contribution in [-0.4, -0.2) is 17.3 Å². The van der Waals surface area contributed by atoms with Gasteiger partial charge in [-0.25, -0.2) is 0 Å². The monoisotopic (exact) mass is 275 g/mol.